The van der Waals surface area contributed by atoms with E-state index >= 15 is 0 Å². The molecule has 0 saturated heterocycles. The third-order valence-electron chi connectivity index (χ3n) is 3.18. The Hall–Kier alpha value is -1.72. The lowest BCUT2D eigenvalue weighted by Crippen LogP contribution is -2.33. The Balaban J connectivity index is 2.47. The molecule has 0 fully saturated rings. The number of hydrogen-bond donors (Lipinski definition) is 1. The van der Waals surface area contributed by atoms with Crippen LogP contribution in [0.2, 0.25) is 0 Å². The molecule has 0 saturated carbocycles. The molecule has 0 spiro atoms. The van der Waals surface area contributed by atoms with E-state index in [0.717, 1.165) is 5.56 Å². The van der Waals surface area contributed by atoms with Crippen LogP contribution in [0.5, 0.6) is 0 Å². The van der Waals surface area contributed by atoms with Crippen LogP contribution in [0.3, 0.4) is 0 Å². The van der Waals surface area contributed by atoms with E-state index in [9.17, 15) is 15.2 Å². The van der Waals surface area contributed by atoms with Gasteiger partial charge < -0.3 is 9.84 Å². The first kappa shape index (κ1) is 16.3. The minimum atomic E-state index is -0.503. The highest BCUT2D eigenvalue weighted by atomic mass is 16.6. The fraction of sp³-hybridized carbons (Fsp3) is 0.467. The average Bonchev–Trinajstić information content (AvgIpc) is 2.39. The first-order valence-electron chi connectivity index (χ1n) is 6.47. The van der Waals surface area contributed by atoms with Crippen LogP contribution < -0.4 is 0 Å². The lowest BCUT2D eigenvalue weighted by atomic mass is 9.86. The third kappa shape index (κ3) is 4.75. The molecule has 0 heterocycles. The van der Waals surface area contributed by atoms with E-state index < -0.39 is 11.0 Å². The van der Waals surface area contributed by atoms with E-state index in [1.54, 1.807) is 18.2 Å². The van der Waals surface area contributed by atoms with E-state index in [4.69, 9.17) is 4.74 Å². The summed E-state index contributed by atoms with van der Waals surface area (Å²) < 4.78 is 5.59. The molecular weight excluding hydrogens is 258 g/mol. The molecule has 110 valence electrons. The molecular formula is C15H21NO4. The average molecular weight is 279 g/mol. The summed E-state index contributed by atoms with van der Waals surface area (Å²) >= 11 is 0. The number of hydrogen-bond acceptors (Lipinski definition) is 4. The highest BCUT2D eigenvalue weighted by Crippen LogP contribution is 2.24. The first-order valence-corrected chi connectivity index (χ1v) is 6.47. The number of nitro benzene ring substituents is 1. The molecule has 20 heavy (non-hydrogen) atoms. The summed E-state index contributed by atoms with van der Waals surface area (Å²) in [4.78, 5) is 10.1. The number of benzene rings is 1. The van der Waals surface area contributed by atoms with Crippen molar-refractivity contribution >= 4 is 5.69 Å². The van der Waals surface area contributed by atoms with Crippen LogP contribution in [-0.2, 0) is 11.3 Å². The van der Waals surface area contributed by atoms with Gasteiger partial charge in [-0.25, -0.2) is 0 Å². The number of ether oxygens (including phenoxy) is 1. The molecule has 5 heteroatoms. The maximum atomic E-state index is 10.5. The molecule has 5 nitrogen and oxygen atoms in total. The largest absolute Gasteiger partial charge is 0.392 e. The summed E-state index contributed by atoms with van der Waals surface area (Å²) in [7, 11) is 0. The number of nitrogens with zero attached hydrogens (tertiary/aromatic N) is 1. The Bertz CT molecular complexity index is 453. The van der Waals surface area contributed by atoms with Gasteiger partial charge in [-0.1, -0.05) is 19.9 Å². The first-order chi connectivity index (χ1) is 9.36. The van der Waals surface area contributed by atoms with Crippen molar-refractivity contribution in [3.63, 3.8) is 0 Å². The van der Waals surface area contributed by atoms with Gasteiger partial charge in [-0.2, -0.15) is 0 Å². The van der Waals surface area contributed by atoms with Crippen molar-refractivity contribution < 1.29 is 14.8 Å². The Labute approximate surface area is 119 Å². The van der Waals surface area contributed by atoms with Crippen molar-refractivity contribution in [2.24, 2.45) is 5.41 Å². The minimum Gasteiger partial charge on any atom is -0.392 e. The number of aliphatic hydroxyl groups is 1. The van der Waals surface area contributed by atoms with Gasteiger partial charge in [0, 0.05) is 17.5 Å². The van der Waals surface area contributed by atoms with Gasteiger partial charge in [0.2, 0.25) is 0 Å². The lowest BCUT2D eigenvalue weighted by molar-refractivity contribution is -0.384. The van der Waals surface area contributed by atoms with Crippen LogP contribution >= 0.6 is 0 Å². The van der Waals surface area contributed by atoms with Gasteiger partial charge >= 0.3 is 0 Å². The molecule has 0 aliphatic carbocycles. The third-order valence-corrected chi connectivity index (χ3v) is 3.18. The second kappa shape index (κ2) is 7.17. The van der Waals surface area contributed by atoms with Gasteiger partial charge in [-0.15, -0.1) is 6.58 Å². The van der Waals surface area contributed by atoms with Crippen molar-refractivity contribution in [3.8, 4) is 0 Å². The zero-order valence-corrected chi connectivity index (χ0v) is 11.9. The van der Waals surface area contributed by atoms with Crippen LogP contribution in [-0.4, -0.2) is 22.7 Å². The Morgan fingerprint density at radius 3 is 2.55 bits per heavy atom. The van der Waals surface area contributed by atoms with Gasteiger partial charge in [-0.3, -0.25) is 10.1 Å². The smallest absolute Gasteiger partial charge is 0.269 e. The van der Waals surface area contributed by atoms with Crippen LogP contribution in [0.1, 0.15) is 25.8 Å². The molecule has 1 atom stereocenters. The summed E-state index contributed by atoms with van der Waals surface area (Å²) in [6, 6.07) is 6.25. The summed E-state index contributed by atoms with van der Waals surface area (Å²) in [6.07, 6.45) is 1.70. The molecule has 1 N–H and O–H groups in total. The topological polar surface area (TPSA) is 72.6 Å². The van der Waals surface area contributed by atoms with Crippen molar-refractivity contribution in [2.45, 2.75) is 33.0 Å². The van der Waals surface area contributed by atoms with Crippen LogP contribution in [0.25, 0.3) is 0 Å². The molecule has 0 aliphatic rings. The highest BCUT2D eigenvalue weighted by Gasteiger charge is 2.27. The number of nitro groups is 1. The number of rotatable bonds is 8. The van der Waals surface area contributed by atoms with Crippen molar-refractivity contribution in [2.75, 3.05) is 6.61 Å². The van der Waals surface area contributed by atoms with Gasteiger partial charge in [0.15, 0.2) is 0 Å². The van der Waals surface area contributed by atoms with Crippen LogP contribution in [0.4, 0.5) is 5.69 Å². The second-order valence-electron chi connectivity index (χ2n) is 5.45. The van der Waals surface area contributed by atoms with Crippen LogP contribution in [0.15, 0.2) is 36.9 Å². The summed E-state index contributed by atoms with van der Waals surface area (Å²) in [5.41, 5.74) is 0.565. The van der Waals surface area contributed by atoms with Crippen LogP contribution in [0, 0.1) is 15.5 Å². The Morgan fingerprint density at radius 1 is 1.45 bits per heavy atom. The van der Waals surface area contributed by atoms with Crippen molar-refractivity contribution in [3.05, 3.63) is 52.6 Å². The van der Waals surface area contributed by atoms with Gasteiger partial charge in [0.1, 0.15) is 0 Å². The maximum absolute atomic E-state index is 10.5. The predicted octanol–water partition coefficient (Wildman–Crippen LogP) is 3.07. The predicted molar refractivity (Wildman–Crippen MR) is 77.4 cm³/mol. The molecule has 1 aromatic carbocycles. The zero-order valence-electron chi connectivity index (χ0n) is 11.9. The monoisotopic (exact) mass is 279 g/mol. The van der Waals surface area contributed by atoms with Crippen molar-refractivity contribution in [1.29, 1.82) is 0 Å². The fourth-order valence-electron chi connectivity index (χ4n) is 1.72. The lowest BCUT2D eigenvalue weighted by Gasteiger charge is -2.29. The maximum Gasteiger partial charge on any atom is 0.269 e. The van der Waals surface area contributed by atoms with E-state index in [1.165, 1.54) is 12.1 Å². The molecule has 0 aromatic heterocycles. The number of aliphatic hydroxyl groups excluding tert-OH is 1. The quantitative estimate of drug-likeness (QED) is 0.451. The molecule has 0 unspecified atom stereocenters. The minimum absolute atomic E-state index is 0.0653. The fourth-order valence-corrected chi connectivity index (χ4v) is 1.72. The highest BCUT2D eigenvalue weighted by molar-refractivity contribution is 5.32. The summed E-state index contributed by atoms with van der Waals surface area (Å²) in [6.45, 7) is 8.23. The van der Waals surface area contributed by atoms with E-state index in [2.05, 4.69) is 6.58 Å². The second-order valence-corrected chi connectivity index (χ2v) is 5.45. The normalized spacial score (nSPS) is 12.9. The van der Waals surface area contributed by atoms with E-state index in [0.29, 0.717) is 19.6 Å². The molecule has 0 bridgehead atoms. The van der Waals surface area contributed by atoms with E-state index in [1.807, 2.05) is 13.8 Å². The van der Waals surface area contributed by atoms with E-state index in [-0.39, 0.29) is 11.1 Å². The molecule has 1 rings (SSSR count). The zero-order chi connectivity index (χ0) is 15.2. The van der Waals surface area contributed by atoms with Gasteiger partial charge in [0.05, 0.1) is 24.2 Å². The summed E-state index contributed by atoms with van der Waals surface area (Å²) in [5.74, 6) is 0. The Morgan fingerprint density at radius 2 is 2.05 bits per heavy atom. The van der Waals surface area contributed by atoms with Crippen molar-refractivity contribution in [1.82, 2.24) is 0 Å². The standard InChI is InChI=1S/C15H21NO4/c1-4-5-14(17)15(2,3)11-20-10-12-6-8-13(9-7-12)16(18)19/h4,6-9,14,17H,1,5,10-11H2,2-3H3/t14-/m0/s1. The van der Waals surface area contributed by atoms with Gasteiger partial charge in [0.25, 0.3) is 5.69 Å². The Kier molecular flexibility index (Phi) is 5.85. The number of non-ortho nitro benzene ring substituents is 1. The molecule has 0 amide bonds. The van der Waals surface area contributed by atoms with Gasteiger partial charge in [-0.05, 0) is 24.1 Å². The molecule has 0 radical (unpaired) electrons. The SMILES string of the molecule is C=CC[C@H](O)C(C)(C)COCc1ccc([N+](=O)[O-])cc1. The summed E-state index contributed by atoms with van der Waals surface area (Å²) in [5, 5.41) is 20.5. The molecule has 1 aromatic rings. The molecule has 0 aliphatic heterocycles.